The number of benzene rings is 2. The fourth-order valence-corrected chi connectivity index (χ4v) is 4.78. The molecule has 2 aromatic carbocycles. The standard InChI is InChI=1S/C24H22N7O4P/c1-34-22(32)15-35-36(2,33)19-8-6-18(7-9-19)27-21-13-26-23-24(28-21)31(30-29-23)14-16-5-10-20-17(12-16)4-3-11-25-20/h3-13H,14-15H2,1-2H3,(H,27,28). The van der Waals surface area contributed by atoms with Crippen LogP contribution in [0.25, 0.3) is 22.2 Å². The van der Waals surface area contributed by atoms with Crippen LogP contribution >= 0.6 is 7.37 Å². The second kappa shape index (κ2) is 9.80. The summed E-state index contributed by atoms with van der Waals surface area (Å²) in [6.45, 7) is 1.56. The molecule has 0 saturated heterocycles. The monoisotopic (exact) mass is 503 g/mol. The van der Waals surface area contributed by atoms with Gasteiger partial charge in [0.15, 0.2) is 18.1 Å². The minimum Gasteiger partial charge on any atom is -0.467 e. The van der Waals surface area contributed by atoms with Crippen molar-refractivity contribution in [1.29, 1.82) is 0 Å². The third kappa shape index (κ3) is 5.07. The molecular formula is C24H22N7O4P. The second-order valence-corrected chi connectivity index (χ2v) is 10.5. The number of aromatic nitrogens is 6. The first-order valence-corrected chi connectivity index (χ1v) is 13.0. The molecule has 0 saturated carbocycles. The molecule has 1 atom stereocenters. The molecule has 12 heteroatoms. The maximum absolute atomic E-state index is 12.8. The highest BCUT2D eigenvalue weighted by Gasteiger charge is 2.21. The topological polar surface area (TPSA) is 134 Å². The summed E-state index contributed by atoms with van der Waals surface area (Å²) >= 11 is 0. The van der Waals surface area contributed by atoms with Crippen molar-refractivity contribution in [3.63, 3.8) is 0 Å². The van der Waals surface area contributed by atoms with Crippen LogP contribution in [0.15, 0.2) is 67.0 Å². The summed E-state index contributed by atoms with van der Waals surface area (Å²) in [5, 5.41) is 13.0. The second-order valence-electron chi connectivity index (χ2n) is 8.05. The number of fused-ring (bicyclic) bond motifs is 2. The third-order valence-corrected chi connectivity index (χ3v) is 7.35. The van der Waals surface area contributed by atoms with Crippen molar-refractivity contribution in [3.8, 4) is 0 Å². The molecule has 1 N–H and O–H groups in total. The Kier molecular flexibility index (Phi) is 6.41. The van der Waals surface area contributed by atoms with E-state index in [4.69, 9.17) is 4.52 Å². The van der Waals surface area contributed by atoms with Crippen LogP contribution in [0.5, 0.6) is 0 Å². The first-order valence-electron chi connectivity index (χ1n) is 11.0. The Morgan fingerprint density at radius 1 is 1.11 bits per heavy atom. The molecule has 0 bridgehead atoms. The van der Waals surface area contributed by atoms with Gasteiger partial charge in [-0.25, -0.2) is 19.4 Å². The minimum absolute atomic E-state index is 0.377. The number of pyridine rings is 1. The van der Waals surface area contributed by atoms with Gasteiger partial charge in [-0.1, -0.05) is 17.3 Å². The highest BCUT2D eigenvalue weighted by molar-refractivity contribution is 7.66. The number of esters is 1. The van der Waals surface area contributed by atoms with E-state index in [9.17, 15) is 9.36 Å². The largest absolute Gasteiger partial charge is 0.467 e. The first kappa shape index (κ1) is 23.5. The van der Waals surface area contributed by atoms with Crippen molar-refractivity contribution in [1.82, 2.24) is 29.9 Å². The van der Waals surface area contributed by atoms with Crippen LogP contribution in [0.1, 0.15) is 5.56 Å². The zero-order valence-corrected chi connectivity index (χ0v) is 20.4. The van der Waals surface area contributed by atoms with E-state index in [-0.39, 0.29) is 6.61 Å². The summed E-state index contributed by atoms with van der Waals surface area (Å²) in [6.07, 6.45) is 3.34. The maximum Gasteiger partial charge on any atom is 0.332 e. The molecule has 0 radical (unpaired) electrons. The first-order chi connectivity index (χ1) is 17.4. The average molecular weight is 503 g/mol. The van der Waals surface area contributed by atoms with Crippen LogP contribution in [0, 0.1) is 0 Å². The summed E-state index contributed by atoms with van der Waals surface area (Å²) < 4.78 is 24.3. The Balaban J connectivity index is 1.32. The van der Waals surface area contributed by atoms with Gasteiger partial charge in [0, 0.05) is 29.2 Å². The van der Waals surface area contributed by atoms with E-state index in [1.807, 2.05) is 24.3 Å². The normalized spacial score (nSPS) is 12.9. The minimum atomic E-state index is -3.17. The number of nitrogens with one attached hydrogen (secondary N) is 1. The van der Waals surface area contributed by atoms with Crippen molar-refractivity contribution in [3.05, 3.63) is 72.6 Å². The molecular weight excluding hydrogens is 481 g/mol. The van der Waals surface area contributed by atoms with Gasteiger partial charge in [0.25, 0.3) is 0 Å². The molecule has 1 unspecified atom stereocenters. The number of hydrogen-bond donors (Lipinski definition) is 1. The van der Waals surface area contributed by atoms with Crippen molar-refractivity contribution < 1.29 is 18.6 Å². The Morgan fingerprint density at radius 2 is 1.94 bits per heavy atom. The van der Waals surface area contributed by atoms with Crippen LogP contribution in [0.3, 0.4) is 0 Å². The van der Waals surface area contributed by atoms with Crippen molar-refractivity contribution in [2.24, 2.45) is 0 Å². The van der Waals surface area contributed by atoms with Gasteiger partial charge < -0.3 is 14.6 Å². The summed E-state index contributed by atoms with van der Waals surface area (Å²) in [5.74, 6) is -0.0844. The van der Waals surface area contributed by atoms with E-state index in [0.717, 1.165) is 16.5 Å². The number of methoxy groups -OCH3 is 1. The summed E-state index contributed by atoms with van der Waals surface area (Å²) in [7, 11) is -1.93. The smallest absolute Gasteiger partial charge is 0.332 e. The number of nitrogens with zero attached hydrogens (tertiary/aromatic N) is 6. The zero-order chi connectivity index (χ0) is 25.1. The van der Waals surface area contributed by atoms with Crippen LogP contribution in [-0.2, 0) is 25.2 Å². The van der Waals surface area contributed by atoms with Crippen LogP contribution in [0.2, 0.25) is 0 Å². The number of carbonyl (C=O) groups is 1. The molecule has 3 aromatic heterocycles. The zero-order valence-electron chi connectivity index (χ0n) is 19.5. The average Bonchev–Trinajstić information content (AvgIpc) is 3.29. The highest BCUT2D eigenvalue weighted by Crippen LogP contribution is 2.41. The lowest BCUT2D eigenvalue weighted by atomic mass is 10.1. The quantitative estimate of drug-likeness (QED) is 0.248. The Hall–Kier alpha value is -4.21. The molecule has 5 aromatic rings. The number of hydrogen-bond acceptors (Lipinski definition) is 10. The number of ether oxygens (including phenoxy) is 1. The number of carbonyl (C=O) groups excluding carboxylic acids is 1. The highest BCUT2D eigenvalue weighted by atomic mass is 31.2. The van der Waals surface area contributed by atoms with Crippen LogP contribution in [-0.4, -0.2) is 56.3 Å². The molecule has 5 rings (SSSR count). The molecule has 0 aliphatic rings. The van der Waals surface area contributed by atoms with E-state index in [1.54, 1.807) is 41.3 Å². The SMILES string of the molecule is COC(=O)COP(C)(=O)c1ccc(Nc2cnc3nnn(Cc4ccc5ncccc5c4)c3n2)cc1. The van der Waals surface area contributed by atoms with Crippen LogP contribution in [0.4, 0.5) is 11.5 Å². The van der Waals surface area contributed by atoms with E-state index >= 15 is 0 Å². The van der Waals surface area contributed by atoms with E-state index in [0.29, 0.717) is 34.6 Å². The lowest BCUT2D eigenvalue weighted by molar-refractivity contribution is -0.142. The van der Waals surface area contributed by atoms with Gasteiger partial charge in [-0.05, 0) is 48.0 Å². The molecule has 3 heterocycles. The van der Waals surface area contributed by atoms with Gasteiger partial charge in [0.1, 0.15) is 0 Å². The van der Waals surface area contributed by atoms with Gasteiger partial charge in [0.05, 0.1) is 25.4 Å². The lowest BCUT2D eigenvalue weighted by Gasteiger charge is -2.14. The Labute approximate surface area is 206 Å². The summed E-state index contributed by atoms with van der Waals surface area (Å²) in [4.78, 5) is 24.6. The van der Waals surface area contributed by atoms with Gasteiger partial charge in [-0.3, -0.25) is 9.55 Å². The Bertz CT molecular complexity index is 1600. The molecule has 11 nitrogen and oxygen atoms in total. The summed E-state index contributed by atoms with van der Waals surface area (Å²) in [6, 6.07) is 16.8. The Morgan fingerprint density at radius 3 is 2.75 bits per heavy atom. The maximum atomic E-state index is 12.8. The predicted octanol–water partition coefficient (Wildman–Crippen LogP) is 3.28. The molecule has 0 aliphatic carbocycles. The van der Waals surface area contributed by atoms with Crippen LogP contribution < -0.4 is 10.6 Å². The molecule has 0 amide bonds. The van der Waals surface area contributed by atoms with Gasteiger partial charge >= 0.3 is 5.97 Å². The molecule has 0 fully saturated rings. The fourth-order valence-electron chi connectivity index (χ4n) is 3.59. The van der Waals surface area contributed by atoms with E-state index < -0.39 is 13.3 Å². The predicted molar refractivity (Wildman–Crippen MR) is 135 cm³/mol. The molecule has 36 heavy (non-hydrogen) atoms. The number of anilines is 2. The van der Waals surface area contributed by atoms with Gasteiger partial charge in [-0.15, -0.1) is 5.10 Å². The fraction of sp³-hybridized carbons (Fsp3) is 0.167. The third-order valence-electron chi connectivity index (χ3n) is 5.49. The number of rotatable bonds is 8. The molecule has 0 aliphatic heterocycles. The molecule has 0 spiro atoms. The van der Waals surface area contributed by atoms with E-state index in [1.165, 1.54) is 13.8 Å². The van der Waals surface area contributed by atoms with Crippen molar-refractivity contribution in [2.45, 2.75) is 6.54 Å². The van der Waals surface area contributed by atoms with Crippen molar-refractivity contribution in [2.75, 3.05) is 25.7 Å². The summed E-state index contributed by atoms with van der Waals surface area (Å²) in [5.41, 5.74) is 3.65. The van der Waals surface area contributed by atoms with E-state index in [2.05, 4.69) is 41.4 Å². The van der Waals surface area contributed by atoms with Gasteiger partial charge in [0.2, 0.25) is 13.0 Å². The van der Waals surface area contributed by atoms with Gasteiger partial charge in [-0.2, -0.15) is 0 Å². The lowest BCUT2D eigenvalue weighted by Crippen LogP contribution is -2.13. The molecule has 182 valence electrons. The van der Waals surface area contributed by atoms with Crippen molar-refractivity contribution >= 4 is 52.3 Å².